The SMILES string of the molecule is COC(=O)CCCCCCCCCCC[N+](C)(C)C.[I-]. The van der Waals surface area contributed by atoms with Gasteiger partial charge in [0.1, 0.15) is 0 Å². The fourth-order valence-corrected chi connectivity index (χ4v) is 2.19. The fourth-order valence-electron chi connectivity index (χ4n) is 2.19. The summed E-state index contributed by atoms with van der Waals surface area (Å²) in [5.74, 6) is -0.0720. The minimum Gasteiger partial charge on any atom is -1.00 e. The molecule has 0 unspecified atom stereocenters. The third-order valence-corrected chi connectivity index (χ3v) is 3.44. The van der Waals surface area contributed by atoms with Gasteiger partial charge in [-0.15, -0.1) is 0 Å². The van der Waals surface area contributed by atoms with E-state index in [2.05, 4.69) is 25.9 Å². The van der Waals surface area contributed by atoms with Crippen molar-refractivity contribution in [3.05, 3.63) is 0 Å². The van der Waals surface area contributed by atoms with Crippen LogP contribution in [0.25, 0.3) is 0 Å². The number of carbonyl (C=O) groups excluding carboxylic acids is 1. The van der Waals surface area contributed by atoms with E-state index in [9.17, 15) is 4.79 Å². The maximum atomic E-state index is 10.9. The molecule has 0 aliphatic carbocycles. The number of methoxy groups -OCH3 is 1. The van der Waals surface area contributed by atoms with Gasteiger partial charge in [0, 0.05) is 6.42 Å². The van der Waals surface area contributed by atoms with Gasteiger partial charge >= 0.3 is 5.97 Å². The summed E-state index contributed by atoms with van der Waals surface area (Å²) in [6.45, 7) is 1.29. The first-order chi connectivity index (χ1) is 8.95. The molecule has 0 atom stereocenters. The fraction of sp³-hybridized carbons (Fsp3) is 0.938. The Kier molecular flexibility index (Phi) is 15.8. The summed E-state index contributed by atoms with van der Waals surface area (Å²) in [6.07, 6.45) is 12.1. The van der Waals surface area contributed by atoms with Gasteiger partial charge in [-0.05, 0) is 19.3 Å². The van der Waals surface area contributed by atoms with E-state index in [4.69, 9.17) is 0 Å². The minimum absolute atomic E-state index is 0. The Bertz CT molecular complexity index is 227. The highest BCUT2D eigenvalue weighted by Crippen LogP contribution is 2.11. The summed E-state index contributed by atoms with van der Waals surface area (Å²) in [7, 11) is 8.23. The lowest BCUT2D eigenvalue weighted by Crippen LogP contribution is -3.00. The van der Waals surface area contributed by atoms with Crippen molar-refractivity contribution in [3.8, 4) is 0 Å². The summed E-state index contributed by atoms with van der Waals surface area (Å²) in [6, 6.07) is 0. The zero-order valence-electron chi connectivity index (χ0n) is 13.9. The molecule has 0 aromatic rings. The average molecular weight is 399 g/mol. The van der Waals surface area contributed by atoms with E-state index >= 15 is 0 Å². The number of rotatable bonds is 12. The van der Waals surface area contributed by atoms with Gasteiger partial charge in [0.05, 0.1) is 34.8 Å². The molecule has 0 aliphatic rings. The van der Waals surface area contributed by atoms with Crippen molar-refractivity contribution in [2.24, 2.45) is 0 Å². The summed E-state index contributed by atoms with van der Waals surface area (Å²) >= 11 is 0. The van der Waals surface area contributed by atoms with Crippen LogP contribution >= 0.6 is 0 Å². The van der Waals surface area contributed by atoms with Gasteiger partial charge in [-0.2, -0.15) is 0 Å². The van der Waals surface area contributed by atoms with Crippen LogP contribution in [0.5, 0.6) is 0 Å². The van der Waals surface area contributed by atoms with E-state index in [1.165, 1.54) is 58.6 Å². The lowest BCUT2D eigenvalue weighted by Gasteiger charge is -2.23. The summed E-state index contributed by atoms with van der Waals surface area (Å²) in [4.78, 5) is 10.9. The number of esters is 1. The summed E-state index contributed by atoms with van der Waals surface area (Å²) in [5, 5.41) is 0. The Morgan fingerprint density at radius 3 is 1.60 bits per heavy atom. The first-order valence-corrected chi connectivity index (χ1v) is 7.83. The summed E-state index contributed by atoms with van der Waals surface area (Å²) < 4.78 is 5.70. The van der Waals surface area contributed by atoms with Crippen molar-refractivity contribution < 1.29 is 38.0 Å². The predicted octanol–water partition coefficient (Wildman–Crippen LogP) is 0.771. The molecular formula is C16H34INO2. The van der Waals surface area contributed by atoms with Crippen LogP contribution in [0.4, 0.5) is 0 Å². The molecule has 0 bridgehead atoms. The largest absolute Gasteiger partial charge is 1.00 e. The van der Waals surface area contributed by atoms with Crippen molar-refractivity contribution in [2.45, 2.75) is 64.2 Å². The number of nitrogens with zero attached hydrogens (tertiary/aromatic N) is 1. The molecule has 0 aromatic heterocycles. The van der Waals surface area contributed by atoms with E-state index in [1.807, 2.05) is 0 Å². The number of ether oxygens (including phenoxy) is 1. The topological polar surface area (TPSA) is 26.3 Å². The molecule has 0 saturated heterocycles. The number of hydrogen-bond donors (Lipinski definition) is 0. The van der Waals surface area contributed by atoms with E-state index in [1.54, 1.807) is 0 Å². The number of halogens is 1. The molecule has 0 saturated carbocycles. The molecule has 0 N–H and O–H groups in total. The molecule has 0 aliphatic heterocycles. The zero-order chi connectivity index (χ0) is 14.6. The number of unbranched alkanes of at least 4 members (excludes halogenated alkanes) is 8. The maximum absolute atomic E-state index is 10.9. The molecule has 0 fully saturated rings. The second-order valence-corrected chi connectivity index (χ2v) is 6.52. The van der Waals surface area contributed by atoms with Gasteiger partial charge < -0.3 is 33.2 Å². The van der Waals surface area contributed by atoms with Gasteiger partial charge in [0.15, 0.2) is 0 Å². The molecular weight excluding hydrogens is 365 g/mol. The van der Waals surface area contributed by atoms with E-state index < -0.39 is 0 Å². The van der Waals surface area contributed by atoms with Crippen molar-refractivity contribution in [2.75, 3.05) is 34.8 Å². The van der Waals surface area contributed by atoms with Crippen LogP contribution in [-0.4, -0.2) is 45.2 Å². The van der Waals surface area contributed by atoms with Crippen LogP contribution in [-0.2, 0) is 9.53 Å². The van der Waals surface area contributed by atoms with E-state index in [0.29, 0.717) is 6.42 Å². The monoisotopic (exact) mass is 399 g/mol. The first-order valence-electron chi connectivity index (χ1n) is 7.83. The maximum Gasteiger partial charge on any atom is 0.305 e. The van der Waals surface area contributed by atoms with Crippen molar-refractivity contribution in [3.63, 3.8) is 0 Å². The number of carbonyl (C=O) groups is 1. The van der Waals surface area contributed by atoms with Crippen molar-refractivity contribution in [1.82, 2.24) is 0 Å². The standard InChI is InChI=1S/C16H34NO2.HI/c1-17(2,3)15-13-11-9-7-5-6-8-10-12-14-16(18)19-4;/h5-15H2,1-4H3;1H/q+1;/p-1. The molecule has 4 heteroatoms. The Balaban J connectivity index is 0. The Morgan fingerprint density at radius 1 is 0.800 bits per heavy atom. The smallest absolute Gasteiger partial charge is 0.305 e. The van der Waals surface area contributed by atoms with Gasteiger partial charge in [0.2, 0.25) is 0 Å². The Hall–Kier alpha value is 0.160. The summed E-state index contributed by atoms with van der Waals surface area (Å²) in [5.41, 5.74) is 0. The molecule has 20 heavy (non-hydrogen) atoms. The third kappa shape index (κ3) is 18.2. The lowest BCUT2D eigenvalue weighted by atomic mass is 10.1. The first kappa shape index (κ1) is 22.4. The number of quaternary nitrogens is 1. The Labute approximate surface area is 143 Å². The van der Waals surface area contributed by atoms with Crippen LogP contribution in [0.1, 0.15) is 64.2 Å². The highest BCUT2D eigenvalue weighted by Gasteiger charge is 2.05. The normalized spacial score (nSPS) is 11.0. The molecule has 0 radical (unpaired) electrons. The van der Waals surface area contributed by atoms with Gasteiger partial charge in [-0.3, -0.25) is 4.79 Å². The van der Waals surface area contributed by atoms with Crippen LogP contribution in [0.2, 0.25) is 0 Å². The average Bonchev–Trinajstić information content (AvgIpc) is 2.34. The van der Waals surface area contributed by atoms with Gasteiger partial charge in [0.25, 0.3) is 0 Å². The predicted molar refractivity (Wildman–Crippen MR) is 81.1 cm³/mol. The lowest BCUT2D eigenvalue weighted by molar-refractivity contribution is -0.870. The highest BCUT2D eigenvalue weighted by molar-refractivity contribution is 5.68. The van der Waals surface area contributed by atoms with Crippen LogP contribution in [0, 0.1) is 0 Å². The van der Waals surface area contributed by atoms with Crippen LogP contribution in [0.3, 0.4) is 0 Å². The molecule has 0 heterocycles. The quantitative estimate of drug-likeness (QED) is 0.210. The second kappa shape index (κ2) is 14.1. The molecule has 0 aromatic carbocycles. The molecule has 0 amide bonds. The Morgan fingerprint density at radius 2 is 1.20 bits per heavy atom. The van der Waals surface area contributed by atoms with Gasteiger partial charge in [-0.25, -0.2) is 0 Å². The second-order valence-electron chi connectivity index (χ2n) is 6.52. The number of hydrogen-bond acceptors (Lipinski definition) is 2. The van der Waals surface area contributed by atoms with Crippen molar-refractivity contribution in [1.29, 1.82) is 0 Å². The minimum atomic E-state index is -0.0720. The molecule has 0 rings (SSSR count). The van der Waals surface area contributed by atoms with E-state index in [0.717, 1.165) is 17.3 Å². The zero-order valence-corrected chi connectivity index (χ0v) is 16.1. The van der Waals surface area contributed by atoms with E-state index in [-0.39, 0.29) is 29.9 Å². The highest BCUT2D eigenvalue weighted by atomic mass is 127. The molecule has 3 nitrogen and oxygen atoms in total. The van der Waals surface area contributed by atoms with Crippen LogP contribution < -0.4 is 24.0 Å². The van der Waals surface area contributed by atoms with Crippen LogP contribution in [0.15, 0.2) is 0 Å². The van der Waals surface area contributed by atoms with Gasteiger partial charge in [-0.1, -0.05) is 38.5 Å². The van der Waals surface area contributed by atoms with Crippen molar-refractivity contribution >= 4 is 5.97 Å². The molecule has 122 valence electrons. The molecule has 0 spiro atoms. The third-order valence-electron chi connectivity index (χ3n) is 3.44.